The van der Waals surface area contributed by atoms with Crippen molar-refractivity contribution in [2.75, 3.05) is 0 Å². The number of furan rings is 1. The molecule has 0 spiro atoms. The molecule has 1 aromatic carbocycles. The van der Waals surface area contributed by atoms with Crippen molar-refractivity contribution in [2.45, 2.75) is 90.1 Å². The summed E-state index contributed by atoms with van der Waals surface area (Å²) in [5.74, 6) is -1.79. The number of esters is 1. The number of aliphatic hydroxyl groups excluding tert-OH is 1. The first-order chi connectivity index (χ1) is 15.5. The molecule has 176 valence electrons. The molecule has 2 rings (SSSR count). The Morgan fingerprint density at radius 1 is 0.875 bits per heavy atom. The summed E-state index contributed by atoms with van der Waals surface area (Å²) in [7, 11) is 0. The number of benzene rings is 1. The van der Waals surface area contributed by atoms with Crippen molar-refractivity contribution in [1.82, 2.24) is 0 Å². The van der Waals surface area contributed by atoms with Crippen LogP contribution in [0.1, 0.15) is 117 Å². The number of hydrogen-bond donors (Lipinski definition) is 2. The Balaban J connectivity index is 1.67. The van der Waals surface area contributed by atoms with E-state index < -0.39 is 18.0 Å². The predicted octanol–water partition coefficient (Wildman–Crippen LogP) is 6.93. The van der Waals surface area contributed by atoms with Gasteiger partial charge in [-0.1, -0.05) is 89.7 Å². The van der Waals surface area contributed by atoms with Crippen LogP contribution in [0.15, 0.2) is 40.8 Å². The maximum atomic E-state index is 12.3. The summed E-state index contributed by atoms with van der Waals surface area (Å²) in [6.45, 7) is 2.24. The summed E-state index contributed by atoms with van der Waals surface area (Å²) >= 11 is 0. The third-order valence-electron chi connectivity index (χ3n) is 5.56. The van der Waals surface area contributed by atoms with E-state index in [1.165, 1.54) is 76.0 Å². The highest BCUT2D eigenvalue weighted by Crippen LogP contribution is 2.24. The summed E-state index contributed by atoms with van der Waals surface area (Å²) in [4.78, 5) is 23.5. The Morgan fingerprint density at radius 2 is 1.47 bits per heavy atom. The largest absolute Gasteiger partial charge is 0.478 e. The van der Waals surface area contributed by atoms with Gasteiger partial charge < -0.3 is 19.4 Å². The molecule has 1 unspecified atom stereocenters. The van der Waals surface area contributed by atoms with Crippen LogP contribution in [0.25, 0.3) is 0 Å². The molecular weight excluding hydrogens is 408 g/mol. The van der Waals surface area contributed by atoms with Crippen LogP contribution >= 0.6 is 0 Å². The lowest BCUT2D eigenvalue weighted by Crippen LogP contribution is -2.10. The molecule has 0 saturated carbocycles. The first-order valence-corrected chi connectivity index (χ1v) is 11.8. The Bertz CT molecular complexity index is 825. The van der Waals surface area contributed by atoms with Crippen molar-refractivity contribution in [3.63, 3.8) is 0 Å². The zero-order chi connectivity index (χ0) is 23.2. The van der Waals surface area contributed by atoms with E-state index in [-0.39, 0.29) is 17.1 Å². The summed E-state index contributed by atoms with van der Waals surface area (Å²) in [5, 5.41) is 19.5. The fourth-order valence-corrected chi connectivity index (χ4v) is 3.67. The van der Waals surface area contributed by atoms with Crippen LogP contribution in [0, 0.1) is 0 Å². The second kappa shape index (κ2) is 14.5. The Labute approximate surface area is 190 Å². The number of ether oxygens (including phenoxy) is 1. The molecule has 0 bridgehead atoms. The van der Waals surface area contributed by atoms with Crippen molar-refractivity contribution in [2.24, 2.45) is 0 Å². The molecule has 0 saturated heterocycles. The number of aromatic carboxylic acids is 1. The smallest absolute Gasteiger partial charge is 0.379 e. The summed E-state index contributed by atoms with van der Waals surface area (Å²) < 4.78 is 10.6. The fraction of sp³-hybridized carbons (Fsp3) is 0.538. The summed E-state index contributed by atoms with van der Waals surface area (Å²) in [6, 6.07) is 8.90. The minimum Gasteiger partial charge on any atom is -0.478 e. The minimum atomic E-state index is -1.18. The zero-order valence-corrected chi connectivity index (χ0v) is 19.1. The lowest BCUT2D eigenvalue weighted by molar-refractivity contribution is 0.0664. The molecule has 2 N–H and O–H groups in total. The van der Waals surface area contributed by atoms with Gasteiger partial charge in [0, 0.05) is 0 Å². The quantitative estimate of drug-likeness (QED) is 0.165. The molecule has 0 amide bonds. The Kier molecular flexibility index (Phi) is 11.6. The molecule has 2 aromatic rings. The molecule has 1 aromatic heterocycles. The monoisotopic (exact) mass is 444 g/mol. The van der Waals surface area contributed by atoms with Crippen LogP contribution in [0.4, 0.5) is 0 Å². The Hall–Kier alpha value is -2.60. The third kappa shape index (κ3) is 8.87. The van der Waals surface area contributed by atoms with Gasteiger partial charge in [-0.2, -0.15) is 0 Å². The highest BCUT2D eigenvalue weighted by molar-refractivity contribution is 5.94. The van der Waals surface area contributed by atoms with Crippen molar-refractivity contribution in [3.05, 3.63) is 53.5 Å². The molecule has 32 heavy (non-hydrogen) atoms. The van der Waals surface area contributed by atoms with E-state index in [2.05, 4.69) is 6.92 Å². The van der Waals surface area contributed by atoms with Gasteiger partial charge in [0.15, 0.2) is 0 Å². The van der Waals surface area contributed by atoms with Crippen LogP contribution in [0.3, 0.4) is 0 Å². The van der Waals surface area contributed by atoms with Crippen LogP contribution in [0.5, 0.6) is 5.75 Å². The van der Waals surface area contributed by atoms with E-state index in [1.54, 1.807) is 18.2 Å². The normalized spacial score (nSPS) is 11.9. The number of aliphatic hydroxyl groups is 1. The topological polar surface area (TPSA) is 97.0 Å². The van der Waals surface area contributed by atoms with Crippen molar-refractivity contribution >= 4 is 11.9 Å². The number of carbonyl (C=O) groups is 2. The minimum absolute atomic E-state index is 0.0514. The molecule has 0 radical (unpaired) electrons. The van der Waals surface area contributed by atoms with Gasteiger partial charge in [0.2, 0.25) is 5.76 Å². The number of para-hydroxylation sites is 1. The first kappa shape index (κ1) is 25.7. The maximum absolute atomic E-state index is 12.3. The number of hydrogen-bond acceptors (Lipinski definition) is 5. The van der Waals surface area contributed by atoms with Gasteiger partial charge in [-0.05, 0) is 30.7 Å². The van der Waals surface area contributed by atoms with E-state index in [0.29, 0.717) is 12.2 Å². The molecular formula is C26H36O6. The van der Waals surface area contributed by atoms with E-state index >= 15 is 0 Å². The standard InChI is InChI=1S/C26H36O6/c1-2-3-4-5-6-7-8-9-10-11-12-16-21(27)23-18-19-24(31-23)26(30)32-22-17-14-13-15-20(22)25(28)29/h13-15,17-19,21,27H,2-12,16H2,1H3,(H,28,29). The van der Waals surface area contributed by atoms with E-state index in [4.69, 9.17) is 9.15 Å². The number of carboxylic acids is 1. The lowest BCUT2D eigenvalue weighted by Gasteiger charge is -2.08. The fourth-order valence-electron chi connectivity index (χ4n) is 3.67. The third-order valence-corrected chi connectivity index (χ3v) is 5.56. The van der Waals surface area contributed by atoms with Gasteiger partial charge in [0.05, 0.1) is 0 Å². The number of carbonyl (C=O) groups excluding carboxylic acids is 1. The second-order valence-corrected chi connectivity index (χ2v) is 8.23. The average molecular weight is 445 g/mol. The molecule has 6 heteroatoms. The predicted molar refractivity (Wildman–Crippen MR) is 123 cm³/mol. The highest BCUT2D eigenvalue weighted by Gasteiger charge is 2.20. The summed E-state index contributed by atoms with van der Waals surface area (Å²) in [6.07, 6.45) is 13.4. The molecule has 0 aliphatic carbocycles. The molecule has 6 nitrogen and oxygen atoms in total. The van der Waals surface area contributed by atoms with Crippen molar-refractivity contribution in [1.29, 1.82) is 0 Å². The van der Waals surface area contributed by atoms with E-state index in [0.717, 1.165) is 12.8 Å². The highest BCUT2D eigenvalue weighted by atomic mass is 16.5. The Morgan fingerprint density at radius 3 is 2.09 bits per heavy atom. The van der Waals surface area contributed by atoms with Crippen LogP contribution < -0.4 is 4.74 Å². The van der Waals surface area contributed by atoms with Gasteiger partial charge in [-0.3, -0.25) is 0 Å². The van der Waals surface area contributed by atoms with Crippen LogP contribution in [0.2, 0.25) is 0 Å². The first-order valence-electron chi connectivity index (χ1n) is 11.8. The SMILES string of the molecule is CCCCCCCCCCCCCC(O)c1ccc(C(=O)Oc2ccccc2C(=O)O)o1. The number of rotatable bonds is 16. The second-order valence-electron chi connectivity index (χ2n) is 8.23. The van der Waals surface area contributed by atoms with Gasteiger partial charge in [-0.15, -0.1) is 0 Å². The maximum Gasteiger partial charge on any atom is 0.379 e. The summed E-state index contributed by atoms with van der Waals surface area (Å²) in [5.41, 5.74) is -0.107. The van der Waals surface area contributed by atoms with Crippen LogP contribution in [-0.2, 0) is 0 Å². The lowest BCUT2D eigenvalue weighted by atomic mass is 10.0. The van der Waals surface area contributed by atoms with Gasteiger partial charge in [-0.25, -0.2) is 9.59 Å². The number of unbranched alkanes of at least 4 members (excludes halogenated alkanes) is 10. The zero-order valence-electron chi connectivity index (χ0n) is 19.1. The van der Waals surface area contributed by atoms with Gasteiger partial charge in [0.1, 0.15) is 23.2 Å². The van der Waals surface area contributed by atoms with E-state index in [1.807, 2.05) is 0 Å². The molecule has 0 fully saturated rings. The van der Waals surface area contributed by atoms with Crippen molar-refractivity contribution in [3.8, 4) is 5.75 Å². The molecule has 0 aliphatic heterocycles. The number of carboxylic acid groups (broad SMARTS) is 1. The van der Waals surface area contributed by atoms with E-state index in [9.17, 15) is 19.8 Å². The van der Waals surface area contributed by atoms with Crippen molar-refractivity contribution < 1.29 is 29.0 Å². The molecule has 1 heterocycles. The molecule has 1 atom stereocenters. The average Bonchev–Trinajstić information content (AvgIpc) is 3.28. The molecule has 0 aliphatic rings. The van der Waals surface area contributed by atoms with Gasteiger partial charge in [0.25, 0.3) is 0 Å². The van der Waals surface area contributed by atoms with Gasteiger partial charge >= 0.3 is 11.9 Å². The van der Waals surface area contributed by atoms with Crippen LogP contribution in [-0.4, -0.2) is 22.2 Å².